The van der Waals surface area contributed by atoms with Gasteiger partial charge in [-0.3, -0.25) is 0 Å². The van der Waals surface area contributed by atoms with Crippen LogP contribution in [0.5, 0.6) is 0 Å². The summed E-state index contributed by atoms with van der Waals surface area (Å²) in [4.78, 5) is 0. The molecule has 6 nitrogen and oxygen atoms in total. The highest BCUT2D eigenvalue weighted by Gasteiger charge is 2.49. The van der Waals surface area contributed by atoms with Gasteiger partial charge in [-0.05, 0) is 22.6 Å². The van der Waals surface area contributed by atoms with Crippen LogP contribution in [0.2, 0.25) is 0 Å². The van der Waals surface area contributed by atoms with Crippen molar-refractivity contribution in [2.45, 2.75) is 70.3 Å². The summed E-state index contributed by atoms with van der Waals surface area (Å²) in [5.74, 6) is -0.109. The lowest BCUT2D eigenvalue weighted by Crippen LogP contribution is -2.63. The van der Waals surface area contributed by atoms with Gasteiger partial charge in [-0.25, -0.2) is 0 Å². The normalized spacial score (nSPS) is 24.7. The second-order valence-corrected chi connectivity index (χ2v) is 9.89. The van der Waals surface area contributed by atoms with E-state index in [1.807, 2.05) is 105 Å². The van der Waals surface area contributed by atoms with E-state index < -0.39 is 36.6 Å². The molecule has 0 amide bonds. The summed E-state index contributed by atoms with van der Waals surface area (Å²) in [5.41, 5.74) is 3.05. The van der Waals surface area contributed by atoms with E-state index in [1.165, 1.54) is 0 Å². The highest BCUT2D eigenvalue weighted by molar-refractivity contribution is 5.15. The molecule has 1 heterocycles. The molecular weight excluding hydrogens is 468 g/mol. The lowest BCUT2D eigenvalue weighted by Gasteiger charge is -2.46. The Bertz CT molecular complexity index is 1030. The maximum atomic E-state index is 11.4. The Kier molecular flexibility index (Phi) is 10.3. The van der Waals surface area contributed by atoms with E-state index >= 15 is 0 Å². The topological polar surface area (TPSA) is 77.4 Å². The molecule has 6 atom stereocenters. The summed E-state index contributed by atoms with van der Waals surface area (Å²) in [7, 11) is 0. The monoisotopic (exact) mass is 506 g/mol. The number of aliphatic hydroxyl groups is 2. The van der Waals surface area contributed by atoms with Gasteiger partial charge in [-0.1, -0.05) is 105 Å². The summed E-state index contributed by atoms with van der Waals surface area (Å²) in [6.45, 7) is 5.09. The lowest BCUT2D eigenvalue weighted by atomic mass is 9.88. The predicted octanol–water partition coefficient (Wildman–Crippen LogP) is 4.52. The largest absolute Gasteiger partial charge is 0.390 e. The molecule has 4 rings (SSSR count). The molecule has 198 valence electrons. The standard InChI is InChI=1S/C31H38O6/c1-22(2)27(32)30-28(33)31(36-20-25-16-10-5-11-17-25)29(35-19-24-14-8-4-9-15-24)26(37-30)21-34-18-23-12-6-3-7-13-23/h3-17,22,26-33H,18-21H2,1-2H3/t26-,27-,28+,29-,30+,31-/m1/s1. The zero-order valence-electron chi connectivity index (χ0n) is 21.6. The third-order valence-electron chi connectivity index (χ3n) is 6.68. The van der Waals surface area contributed by atoms with Crippen molar-refractivity contribution < 1.29 is 29.2 Å². The fourth-order valence-electron chi connectivity index (χ4n) is 4.54. The molecule has 3 aromatic carbocycles. The van der Waals surface area contributed by atoms with Crippen molar-refractivity contribution in [3.05, 3.63) is 108 Å². The molecule has 1 aliphatic heterocycles. The van der Waals surface area contributed by atoms with Crippen LogP contribution in [0.15, 0.2) is 91.0 Å². The maximum absolute atomic E-state index is 11.4. The maximum Gasteiger partial charge on any atom is 0.115 e. The highest BCUT2D eigenvalue weighted by Crippen LogP contribution is 2.31. The van der Waals surface area contributed by atoms with Gasteiger partial charge in [0.25, 0.3) is 0 Å². The fraction of sp³-hybridized carbons (Fsp3) is 0.419. The number of aliphatic hydroxyl groups excluding tert-OH is 2. The summed E-state index contributed by atoms with van der Waals surface area (Å²) < 4.78 is 25.1. The van der Waals surface area contributed by atoms with E-state index in [1.54, 1.807) is 0 Å². The molecule has 37 heavy (non-hydrogen) atoms. The van der Waals surface area contributed by atoms with E-state index in [2.05, 4.69) is 0 Å². The van der Waals surface area contributed by atoms with Crippen LogP contribution >= 0.6 is 0 Å². The molecule has 1 saturated heterocycles. The molecule has 0 saturated carbocycles. The van der Waals surface area contributed by atoms with Gasteiger partial charge in [-0.15, -0.1) is 0 Å². The second kappa shape index (κ2) is 13.8. The summed E-state index contributed by atoms with van der Waals surface area (Å²) in [6.07, 6.45) is -4.65. The second-order valence-electron chi connectivity index (χ2n) is 9.89. The van der Waals surface area contributed by atoms with Gasteiger partial charge in [-0.2, -0.15) is 0 Å². The van der Waals surface area contributed by atoms with Gasteiger partial charge >= 0.3 is 0 Å². The van der Waals surface area contributed by atoms with Crippen molar-refractivity contribution in [2.75, 3.05) is 6.61 Å². The Labute approximate surface area is 219 Å². The quantitative estimate of drug-likeness (QED) is 0.376. The van der Waals surface area contributed by atoms with Crippen molar-refractivity contribution in [3.8, 4) is 0 Å². The van der Waals surface area contributed by atoms with Crippen LogP contribution in [0.4, 0.5) is 0 Å². The van der Waals surface area contributed by atoms with E-state index in [4.69, 9.17) is 18.9 Å². The van der Waals surface area contributed by atoms with Gasteiger partial charge in [0, 0.05) is 0 Å². The van der Waals surface area contributed by atoms with Crippen molar-refractivity contribution in [1.29, 1.82) is 0 Å². The first-order valence-electron chi connectivity index (χ1n) is 13.0. The Balaban J connectivity index is 1.55. The molecule has 0 bridgehead atoms. The molecule has 1 fully saturated rings. The van der Waals surface area contributed by atoms with Crippen LogP contribution in [0.1, 0.15) is 30.5 Å². The summed E-state index contributed by atoms with van der Waals surface area (Å²) in [6, 6.07) is 29.6. The number of rotatable bonds is 12. The van der Waals surface area contributed by atoms with Crippen LogP contribution in [0.3, 0.4) is 0 Å². The van der Waals surface area contributed by atoms with E-state index in [9.17, 15) is 10.2 Å². The van der Waals surface area contributed by atoms with Crippen LogP contribution < -0.4 is 0 Å². The van der Waals surface area contributed by atoms with Crippen molar-refractivity contribution in [2.24, 2.45) is 5.92 Å². The third-order valence-corrected chi connectivity index (χ3v) is 6.68. The molecule has 0 spiro atoms. The number of hydrogen-bond donors (Lipinski definition) is 2. The third kappa shape index (κ3) is 7.71. The summed E-state index contributed by atoms with van der Waals surface area (Å²) in [5, 5.41) is 22.3. The number of benzene rings is 3. The Hall–Kier alpha value is -2.58. The lowest BCUT2D eigenvalue weighted by molar-refractivity contribution is -0.278. The molecule has 1 aliphatic rings. The zero-order valence-corrected chi connectivity index (χ0v) is 21.6. The predicted molar refractivity (Wildman–Crippen MR) is 142 cm³/mol. The fourth-order valence-corrected chi connectivity index (χ4v) is 4.54. The zero-order chi connectivity index (χ0) is 26.0. The molecule has 0 radical (unpaired) electrons. The average molecular weight is 507 g/mol. The average Bonchev–Trinajstić information content (AvgIpc) is 2.93. The number of ether oxygens (including phenoxy) is 4. The minimum Gasteiger partial charge on any atom is -0.390 e. The van der Waals surface area contributed by atoms with E-state index in [0.717, 1.165) is 16.7 Å². The SMILES string of the molecule is CC(C)[C@@H](O)[C@@H]1O[C@H](COCc2ccccc2)[C@@H](OCc2ccccc2)[C@H](OCc2ccccc2)[C@H]1O. The molecular formula is C31H38O6. The minimum absolute atomic E-state index is 0.109. The molecule has 0 aromatic heterocycles. The Morgan fingerprint density at radius 2 is 1.16 bits per heavy atom. The first kappa shape index (κ1) is 27.5. The van der Waals surface area contributed by atoms with Gasteiger partial charge in [0.2, 0.25) is 0 Å². The van der Waals surface area contributed by atoms with Gasteiger partial charge in [0.1, 0.15) is 30.5 Å². The molecule has 3 aromatic rings. The van der Waals surface area contributed by atoms with Crippen LogP contribution in [-0.4, -0.2) is 53.4 Å². The molecule has 0 unspecified atom stereocenters. The molecule has 0 aliphatic carbocycles. The van der Waals surface area contributed by atoms with Crippen molar-refractivity contribution >= 4 is 0 Å². The highest BCUT2D eigenvalue weighted by atomic mass is 16.6. The van der Waals surface area contributed by atoms with Crippen molar-refractivity contribution in [1.82, 2.24) is 0 Å². The smallest absolute Gasteiger partial charge is 0.115 e. The van der Waals surface area contributed by atoms with E-state index in [0.29, 0.717) is 19.8 Å². The Morgan fingerprint density at radius 3 is 1.65 bits per heavy atom. The van der Waals surface area contributed by atoms with E-state index in [-0.39, 0.29) is 12.5 Å². The number of hydrogen-bond acceptors (Lipinski definition) is 6. The molecule has 6 heteroatoms. The Morgan fingerprint density at radius 1 is 0.703 bits per heavy atom. The van der Waals surface area contributed by atoms with Gasteiger partial charge < -0.3 is 29.2 Å². The van der Waals surface area contributed by atoms with Crippen molar-refractivity contribution in [3.63, 3.8) is 0 Å². The minimum atomic E-state index is -1.08. The van der Waals surface area contributed by atoms with Crippen LogP contribution in [0, 0.1) is 5.92 Å². The molecule has 2 N–H and O–H groups in total. The summed E-state index contributed by atoms with van der Waals surface area (Å²) >= 11 is 0. The van der Waals surface area contributed by atoms with Gasteiger partial charge in [0.05, 0.1) is 32.5 Å². The first-order valence-corrected chi connectivity index (χ1v) is 13.0. The van der Waals surface area contributed by atoms with Crippen LogP contribution in [-0.2, 0) is 38.8 Å². The first-order chi connectivity index (χ1) is 18.0. The van der Waals surface area contributed by atoms with Gasteiger partial charge in [0.15, 0.2) is 0 Å². The van der Waals surface area contributed by atoms with Crippen LogP contribution in [0.25, 0.3) is 0 Å².